The number of benzene rings is 2. The van der Waals surface area contributed by atoms with Crippen LogP contribution in [0.15, 0.2) is 47.4 Å². The molecule has 0 spiro atoms. The van der Waals surface area contributed by atoms with Crippen LogP contribution in [0.3, 0.4) is 0 Å². The van der Waals surface area contributed by atoms with Gasteiger partial charge in [-0.05, 0) is 61.2 Å². The molecule has 0 aliphatic carbocycles. The first-order valence-corrected chi connectivity index (χ1v) is 15.0. The number of imide groups is 2. The zero-order valence-corrected chi connectivity index (χ0v) is 23.0. The van der Waals surface area contributed by atoms with E-state index in [2.05, 4.69) is 32.5 Å². The SMILES string of the molecule is C=S(c1ccc(OC2CN(Cc3ccc4c(c3)C(=O)N(C3CCC(=O)NC3=O)C4=O)C2)cc1)N1CCC(N)CC1. The van der Waals surface area contributed by atoms with E-state index in [9.17, 15) is 19.2 Å². The number of likely N-dealkylation sites (tertiary alicyclic amines) is 1. The molecule has 6 rings (SSSR count). The number of fused-ring (bicyclic) bond motifs is 1. The number of amides is 4. The lowest BCUT2D eigenvalue weighted by Crippen LogP contribution is -2.54. The van der Waals surface area contributed by atoms with Crippen molar-refractivity contribution in [3.8, 4) is 5.75 Å². The zero-order chi connectivity index (χ0) is 28.0. The third-order valence-electron chi connectivity index (χ3n) is 8.04. The molecule has 2 atom stereocenters. The molecule has 0 bridgehead atoms. The van der Waals surface area contributed by atoms with E-state index in [-0.39, 0.29) is 35.5 Å². The van der Waals surface area contributed by atoms with Crippen LogP contribution in [0.4, 0.5) is 0 Å². The van der Waals surface area contributed by atoms with Crippen LogP contribution in [0.1, 0.15) is 52.0 Å². The molecule has 210 valence electrons. The van der Waals surface area contributed by atoms with Crippen LogP contribution in [-0.4, -0.2) is 88.0 Å². The maximum atomic E-state index is 13.1. The summed E-state index contributed by atoms with van der Waals surface area (Å²) in [4.78, 5) is 54.1. The van der Waals surface area contributed by atoms with E-state index >= 15 is 0 Å². The molecule has 0 saturated carbocycles. The van der Waals surface area contributed by atoms with Crippen molar-refractivity contribution >= 4 is 40.2 Å². The quantitative estimate of drug-likeness (QED) is 0.386. The van der Waals surface area contributed by atoms with Crippen molar-refractivity contribution in [2.45, 2.75) is 55.3 Å². The number of ether oxygens (including phenoxy) is 1. The van der Waals surface area contributed by atoms with Crippen molar-refractivity contribution in [1.29, 1.82) is 0 Å². The van der Waals surface area contributed by atoms with Crippen LogP contribution in [0.2, 0.25) is 0 Å². The molecule has 40 heavy (non-hydrogen) atoms. The van der Waals surface area contributed by atoms with Gasteiger partial charge in [-0.15, -0.1) is 0 Å². The van der Waals surface area contributed by atoms with Gasteiger partial charge in [-0.25, -0.2) is 0 Å². The minimum Gasteiger partial charge on any atom is -0.488 e. The summed E-state index contributed by atoms with van der Waals surface area (Å²) < 4.78 is 8.56. The minimum absolute atomic E-state index is 0.0769. The third kappa shape index (κ3) is 5.22. The molecule has 2 aromatic rings. The number of hydrogen-bond donors (Lipinski definition) is 2. The number of piperidine rings is 2. The monoisotopic (exact) mass is 563 g/mol. The lowest BCUT2D eigenvalue weighted by atomic mass is 10.0. The van der Waals surface area contributed by atoms with Gasteiger partial charge in [0.15, 0.2) is 0 Å². The van der Waals surface area contributed by atoms with Gasteiger partial charge in [0.1, 0.15) is 17.9 Å². The number of nitrogens with two attached hydrogens (primary N) is 1. The lowest BCUT2D eigenvalue weighted by molar-refractivity contribution is -0.136. The molecule has 10 nitrogen and oxygen atoms in total. The Bertz CT molecular complexity index is 1380. The highest BCUT2D eigenvalue weighted by Gasteiger charge is 2.44. The maximum absolute atomic E-state index is 13.1. The zero-order valence-electron chi connectivity index (χ0n) is 22.2. The molecule has 4 heterocycles. The van der Waals surface area contributed by atoms with Gasteiger partial charge in [-0.2, -0.15) is 0 Å². The maximum Gasteiger partial charge on any atom is 0.262 e. The Kier molecular flexibility index (Phi) is 7.30. The summed E-state index contributed by atoms with van der Waals surface area (Å²) >= 11 is 0. The topological polar surface area (TPSA) is 125 Å². The third-order valence-corrected chi connectivity index (χ3v) is 9.85. The van der Waals surface area contributed by atoms with E-state index in [1.54, 1.807) is 12.1 Å². The predicted molar refractivity (Wildman–Crippen MR) is 151 cm³/mol. The van der Waals surface area contributed by atoms with Crippen LogP contribution >= 0.6 is 10.7 Å². The first-order chi connectivity index (χ1) is 19.3. The number of nitrogens with zero attached hydrogens (tertiary/aromatic N) is 3. The number of nitrogens with one attached hydrogen (secondary N) is 1. The largest absolute Gasteiger partial charge is 0.488 e. The molecule has 0 radical (unpaired) electrons. The standard InChI is InChI=1S/C29H33N5O5S/c1-40(33-12-10-19(30)11-13-33)22-5-3-20(4-6-22)39-21-16-32(17-21)15-18-2-7-23-24(14-18)29(38)34(28(23)37)25-8-9-26(35)31-27(25)36/h2-7,14,19,21,25H,1,8-13,15-17,30H2,(H,31,35,36). The molecule has 11 heteroatoms. The van der Waals surface area contributed by atoms with Crippen molar-refractivity contribution in [3.05, 3.63) is 59.2 Å². The van der Waals surface area contributed by atoms with Crippen molar-refractivity contribution in [1.82, 2.24) is 19.4 Å². The summed E-state index contributed by atoms with van der Waals surface area (Å²) in [5.74, 6) is 3.24. The highest BCUT2D eigenvalue weighted by atomic mass is 32.2. The molecule has 4 aliphatic rings. The average molecular weight is 564 g/mol. The average Bonchev–Trinajstić information content (AvgIpc) is 3.17. The Labute approximate surface area is 235 Å². The predicted octanol–water partition coefficient (Wildman–Crippen LogP) is 1.75. The number of hydrogen-bond acceptors (Lipinski definition) is 8. The van der Waals surface area contributed by atoms with E-state index < -0.39 is 23.8 Å². The van der Waals surface area contributed by atoms with Crippen LogP contribution in [-0.2, 0) is 16.1 Å². The van der Waals surface area contributed by atoms with E-state index in [0.717, 1.165) is 55.2 Å². The Morgan fingerprint density at radius 3 is 2.35 bits per heavy atom. The van der Waals surface area contributed by atoms with E-state index in [1.165, 1.54) is 4.90 Å². The molecule has 4 amide bonds. The highest BCUT2D eigenvalue weighted by Crippen LogP contribution is 2.33. The molecular formula is C29H33N5O5S. The molecule has 3 saturated heterocycles. The second-order valence-electron chi connectivity index (χ2n) is 10.9. The molecule has 0 aromatic heterocycles. The smallest absolute Gasteiger partial charge is 0.262 e. The Hall–Kier alpha value is -3.38. The summed E-state index contributed by atoms with van der Waals surface area (Å²) in [6.45, 7) is 4.09. The van der Waals surface area contributed by atoms with Gasteiger partial charge in [0.2, 0.25) is 11.8 Å². The van der Waals surface area contributed by atoms with Gasteiger partial charge in [0, 0.05) is 50.1 Å². The second kappa shape index (κ2) is 10.9. The van der Waals surface area contributed by atoms with Crippen molar-refractivity contribution < 1.29 is 23.9 Å². The first-order valence-electron chi connectivity index (χ1n) is 13.6. The fraction of sp³-hybridized carbons (Fsp3) is 0.414. The fourth-order valence-corrected chi connectivity index (χ4v) is 7.11. The highest BCUT2D eigenvalue weighted by molar-refractivity contribution is 8.12. The van der Waals surface area contributed by atoms with Crippen LogP contribution in [0, 0.1) is 0 Å². The van der Waals surface area contributed by atoms with Crippen LogP contribution in [0.5, 0.6) is 5.75 Å². The van der Waals surface area contributed by atoms with Crippen LogP contribution in [0.25, 0.3) is 0 Å². The molecule has 4 aliphatic heterocycles. The van der Waals surface area contributed by atoms with Gasteiger partial charge in [-0.3, -0.25) is 38.6 Å². The number of rotatable bonds is 7. The van der Waals surface area contributed by atoms with Gasteiger partial charge in [0.25, 0.3) is 11.8 Å². The second-order valence-corrected chi connectivity index (χ2v) is 12.6. The molecular weight excluding hydrogens is 530 g/mol. The summed E-state index contributed by atoms with van der Waals surface area (Å²) in [5, 5.41) is 2.22. The lowest BCUT2D eigenvalue weighted by Gasteiger charge is -2.39. The summed E-state index contributed by atoms with van der Waals surface area (Å²) in [6, 6.07) is 12.8. The van der Waals surface area contributed by atoms with Crippen LogP contribution < -0.4 is 15.8 Å². The van der Waals surface area contributed by atoms with E-state index in [0.29, 0.717) is 23.7 Å². The van der Waals surface area contributed by atoms with Gasteiger partial charge >= 0.3 is 0 Å². The summed E-state index contributed by atoms with van der Waals surface area (Å²) in [6.07, 6.45) is 2.35. The summed E-state index contributed by atoms with van der Waals surface area (Å²) in [7, 11) is -0.201. The first kappa shape index (κ1) is 26.8. The van der Waals surface area contributed by atoms with Crippen molar-refractivity contribution in [3.63, 3.8) is 0 Å². The van der Waals surface area contributed by atoms with Gasteiger partial charge < -0.3 is 10.5 Å². The molecule has 3 fully saturated rings. The van der Waals surface area contributed by atoms with Gasteiger partial charge in [0.05, 0.1) is 11.1 Å². The molecule has 2 aromatic carbocycles. The minimum atomic E-state index is -0.959. The Morgan fingerprint density at radius 2 is 1.65 bits per heavy atom. The molecule has 3 N–H and O–H groups in total. The van der Waals surface area contributed by atoms with E-state index in [4.69, 9.17) is 10.5 Å². The van der Waals surface area contributed by atoms with Crippen molar-refractivity contribution in [2.24, 2.45) is 5.73 Å². The van der Waals surface area contributed by atoms with Gasteiger partial charge in [-0.1, -0.05) is 22.6 Å². The molecule has 2 unspecified atom stereocenters. The Balaban J connectivity index is 1.01. The fourth-order valence-electron chi connectivity index (χ4n) is 5.71. The number of carbonyl (C=O) groups is 4. The summed E-state index contributed by atoms with van der Waals surface area (Å²) in [5.41, 5.74) is 7.54. The van der Waals surface area contributed by atoms with E-state index in [1.807, 2.05) is 18.2 Å². The normalized spacial score (nSPS) is 23.6. The Morgan fingerprint density at radius 1 is 0.950 bits per heavy atom. The van der Waals surface area contributed by atoms with Crippen molar-refractivity contribution in [2.75, 3.05) is 26.2 Å². The number of carbonyl (C=O) groups excluding carboxylic acids is 4.